The number of rotatable bonds is 5. The predicted octanol–water partition coefficient (Wildman–Crippen LogP) is 4.36. The van der Waals surface area contributed by atoms with Crippen LogP contribution in [0.4, 0.5) is 0 Å². The monoisotopic (exact) mass is 346 g/mol. The van der Waals surface area contributed by atoms with Gasteiger partial charge in [-0.25, -0.2) is 0 Å². The third kappa shape index (κ3) is 3.95. The van der Waals surface area contributed by atoms with Crippen LogP contribution >= 0.6 is 15.9 Å². The SMILES string of the molecule is COc1ccc(C(=O)/C=C/c2ccc(Br)c(OC)c2)cc1. The standard InChI is InChI=1S/C17H15BrO3/c1-20-14-7-5-13(6-8-14)16(19)10-4-12-3-9-15(18)17(11-12)21-2/h3-11H,1-2H3/b10-4+. The lowest BCUT2D eigenvalue weighted by Crippen LogP contribution is -1.94. The highest BCUT2D eigenvalue weighted by atomic mass is 79.9. The molecule has 0 aliphatic heterocycles. The van der Waals surface area contributed by atoms with Gasteiger partial charge in [-0.3, -0.25) is 4.79 Å². The molecule has 3 nitrogen and oxygen atoms in total. The van der Waals surface area contributed by atoms with Crippen molar-refractivity contribution < 1.29 is 14.3 Å². The molecule has 0 unspecified atom stereocenters. The maximum absolute atomic E-state index is 12.1. The summed E-state index contributed by atoms with van der Waals surface area (Å²) in [6.07, 6.45) is 3.31. The number of hydrogen-bond donors (Lipinski definition) is 0. The molecule has 0 aliphatic rings. The van der Waals surface area contributed by atoms with E-state index < -0.39 is 0 Å². The first-order valence-corrected chi connectivity index (χ1v) is 7.13. The van der Waals surface area contributed by atoms with Gasteiger partial charge < -0.3 is 9.47 Å². The van der Waals surface area contributed by atoms with Gasteiger partial charge in [0.05, 0.1) is 18.7 Å². The highest BCUT2D eigenvalue weighted by Gasteiger charge is 2.03. The first-order valence-electron chi connectivity index (χ1n) is 6.34. The van der Waals surface area contributed by atoms with Crippen LogP contribution in [0.1, 0.15) is 15.9 Å². The summed E-state index contributed by atoms with van der Waals surface area (Å²) >= 11 is 3.39. The average molecular weight is 347 g/mol. The van der Waals surface area contributed by atoms with Gasteiger partial charge in [0.1, 0.15) is 11.5 Å². The summed E-state index contributed by atoms with van der Waals surface area (Å²) in [6.45, 7) is 0. The van der Waals surface area contributed by atoms with Crippen molar-refractivity contribution in [2.75, 3.05) is 14.2 Å². The molecule has 0 atom stereocenters. The van der Waals surface area contributed by atoms with Crippen molar-refractivity contribution in [3.05, 3.63) is 64.1 Å². The number of carbonyl (C=O) groups is 1. The van der Waals surface area contributed by atoms with Gasteiger partial charge in [-0.05, 0) is 64.0 Å². The molecular formula is C17H15BrO3. The number of hydrogen-bond acceptors (Lipinski definition) is 3. The molecule has 0 fully saturated rings. The van der Waals surface area contributed by atoms with Gasteiger partial charge in [0.15, 0.2) is 5.78 Å². The van der Waals surface area contributed by atoms with Crippen molar-refractivity contribution in [2.24, 2.45) is 0 Å². The van der Waals surface area contributed by atoms with Crippen molar-refractivity contribution >= 4 is 27.8 Å². The molecule has 21 heavy (non-hydrogen) atoms. The lowest BCUT2D eigenvalue weighted by Gasteiger charge is -2.03. The molecule has 0 amide bonds. The Labute approximate surface area is 132 Å². The van der Waals surface area contributed by atoms with Gasteiger partial charge in [0.25, 0.3) is 0 Å². The van der Waals surface area contributed by atoms with Crippen molar-refractivity contribution in [1.82, 2.24) is 0 Å². The maximum Gasteiger partial charge on any atom is 0.185 e. The molecule has 0 aliphatic carbocycles. The molecule has 2 rings (SSSR count). The minimum atomic E-state index is -0.0560. The summed E-state index contributed by atoms with van der Waals surface area (Å²) in [4.78, 5) is 12.1. The van der Waals surface area contributed by atoms with Crippen LogP contribution in [-0.4, -0.2) is 20.0 Å². The normalized spacial score (nSPS) is 10.6. The van der Waals surface area contributed by atoms with Crippen LogP contribution in [0.15, 0.2) is 53.0 Å². The second kappa shape index (κ2) is 7.09. The van der Waals surface area contributed by atoms with E-state index in [1.807, 2.05) is 18.2 Å². The zero-order valence-electron chi connectivity index (χ0n) is 11.8. The van der Waals surface area contributed by atoms with E-state index in [0.29, 0.717) is 5.56 Å². The summed E-state index contributed by atoms with van der Waals surface area (Å²) in [5.41, 5.74) is 1.52. The zero-order chi connectivity index (χ0) is 15.2. The van der Waals surface area contributed by atoms with E-state index in [4.69, 9.17) is 9.47 Å². The van der Waals surface area contributed by atoms with E-state index in [2.05, 4.69) is 15.9 Å². The molecule has 0 bridgehead atoms. The van der Waals surface area contributed by atoms with Gasteiger partial charge in [-0.15, -0.1) is 0 Å². The number of halogens is 1. The Morgan fingerprint density at radius 1 is 1.05 bits per heavy atom. The molecular weight excluding hydrogens is 332 g/mol. The minimum Gasteiger partial charge on any atom is -0.497 e. The molecule has 108 valence electrons. The predicted molar refractivity (Wildman–Crippen MR) is 87.1 cm³/mol. The third-order valence-corrected chi connectivity index (χ3v) is 3.63. The second-order valence-electron chi connectivity index (χ2n) is 4.32. The fraction of sp³-hybridized carbons (Fsp3) is 0.118. The molecule has 0 N–H and O–H groups in total. The number of carbonyl (C=O) groups excluding carboxylic acids is 1. The van der Waals surface area contributed by atoms with Gasteiger partial charge in [0, 0.05) is 5.56 Å². The number of ether oxygens (including phenoxy) is 2. The molecule has 0 heterocycles. The summed E-state index contributed by atoms with van der Waals surface area (Å²) in [5.74, 6) is 1.40. The molecule has 0 saturated heterocycles. The quantitative estimate of drug-likeness (QED) is 0.595. The molecule has 2 aromatic carbocycles. The Hall–Kier alpha value is -2.07. The van der Waals surface area contributed by atoms with Crippen LogP contribution in [0.3, 0.4) is 0 Å². The van der Waals surface area contributed by atoms with Crippen LogP contribution in [0, 0.1) is 0 Å². The van der Waals surface area contributed by atoms with E-state index in [-0.39, 0.29) is 5.78 Å². The second-order valence-corrected chi connectivity index (χ2v) is 5.17. The van der Waals surface area contributed by atoms with E-state index in [1.54, 1.807) is 50.6 Å². The van der Waals surface area contributed by atoms with E-state index in [9.17, 15) is 4.79 Å². The molecule has 2 aromatic rings. The van der Waals surface area contributed by atoms with Crippen LogP contribution in [0.2, 0.25) is 0 Å². The Morgan fingerprint density at radius 2 is 1.76 bits per heavy atom. The highest BCUT2D eigenvalue weighted by Crippen LogP contribution is 2.26. The fourth-order valence-corrected chi connectivity index (χ4v) is 2.21. The van der Waals surface area contributed by atoms with Crippen molar-refractivity contribution in [1.29, 1.82) is 0 Å². The van der Waals surface area contributed by atoms with E-state index >= 15 is 0 Å². The number of methoxy groups -OCH3 is 2. The van der Waals surface area contributed by atoms with Gasteiger partial charge >= 0.3 is 0 Å². The summed E-state index contributed by atoms with van der Waals surface area (Å²) < 4.78 is 11.2. The summed E-state index contributed by atoms with van der Waals surface area (Å²) in [7, 11) is 3.20. The lowest BCUT2D eigenvalue weighted by atomic mass is 10.1. The summed E-state index contributed by atoms with van der Waals surface area (Å²) in [6, 6.07) is 12.7. The van der Waals surface area contributed by atoms with Crippen LogP contribution < -0.4 is 9.47 Å². The lowest BCUT2D eigenvalue weighted by molar-refractivity contribution is 0.104. The third-order valence-electron chi connectivity index (χ3n) is 2.98. The molecule has 4 heteroatoms. The average Bonchev–Trinajstić information content (AvgIpc) is 2.53. The molecule has 0 radical (unpaired) electrons. The Kier molecular flexibility index (Phi) is 5.17. The Bertz CT molecular complexity index is 660. The molecule has 0 aromatic heterocycles. The topological polar surface area (TPSA) is 35.5 Å². The molecule has 0 spiro atoms. The smallest absolute Gasteiger partial charge is 0.185 e. The van der Waals surface area contributed by atoms with Crippen LogP contribution in [0.25, 0.3) is 6.08 Å². The van der Waals surface area contributed by atoms with Crippen LogP contribution in [0.5, 0.6) is 11.5 Å². The van der Waals surface area contributed by atoms with E-state index in [1.165, 1.54) is 0 Å². The number of allylic oxidation sites excluding steroid dienone is 1. The van der Waals surface area contributed by atoms with Gasteiger partial charge in [-0.1, -0.05) is 12.1 Å². The van der Waals surface area contributed by atoms with Crippen molar-refractivity contribution in [3.63, 3.8) is 0 Å². The van der Waals surface area contributed by atoms with E-state index in [0.717, 1.165) is 21.5 Å². The Morgan fingerprint density at radius 3 is 2.38 bits per heavy atom. The maximum atomic E-state index is 12.1. The number of ketones is 1. The largest absolute Gasteiger partial charge is 0.497 e. The van der Waals surface area contributed by atoms with Crippen LogP contribution in [-0.2, 0) is 0 Å². The van der Waals surface area contributed by atoms with Crippen molar-refractivity contribution in [2.45, 2.75) is 0 Å². The zero-order valence-corrected chi connectivity index (χ0v) is 13.4. The highest BCUT2D eigenvalue weighted by molar-refractivity contribution is 9.10. The first-order chi connectivity index (χ1) is 10.1. The summed E-state index contributed by atoms with van der Waals surface area (Å²) in [5, 5.41) is 0. The molecule has 0 saturated carbocycles. The Balaban J connectivity index is 2.14. The first kappa shape index (κ1) is 15.3. The van der Waals surface area contributed by atoms with Crippen molar-refractivity contribution in [3.8, 4) is 11.5 Å². The number of benzene rings is 2. The fourth-order valence-electron chi connectivity index (χ4n) is 1.80. The minimum absolute atomic E-state index is 0.0560. The van der Waals surface area contributed by atoms with Gasteiger partial charge in [0.2, 0.25) is 0 Å². The van der Waals surface area contributed by atoms with Gasteiger partial charge in [-0.2, -0.15) is 0 Å².